The largest absolute Gasteiger partial charge is 0.455 e. The number of anilines is 2. The average Bonchev–Trinajstić information content (AvgIpc) is 3.17. The Morgan fingerprint density at radius 2 is 1.70 bits per heavy atom. The van der Waals surface area contributed by atoms with Crippen LogP contribution >= 0.6 is 0 Å². The fourth-order valence-corrected chi connectivity index (χ4v) is 3.92. The zero-order valence-corrected chi connectivity index (χ0v) is 18.4. The van der Waals surface area contributed by atoms with Crippen molar-refractivity contribution in [2.24, 2.45) is 5.92 Å². The minimum atomic E-state index is -4.64. The SMILES string of the molecule is CCc1cccc(CC)c1N1C[C@H](C(=O)OCC(=O)Nc2ccccc2C(F)(F)F)CC1=O. The minimum Gasteiger partial charge on any atom is -0.455 e. The lowest BCUT2D eigenvalue weighted by atomic mass is 10.0. The molecule has 3 rings (SSSR count). The van der Waals surface area contributed by atoms with Crippen molar-refractivity contribution in [1.29, 1.82) is 0 Å². The molecule has 1 fully saturated rings. The van der Waals surface area contributed by atoms with Crippen LogP contribution in [-0.4, -0.2) is 30.9 Å². The minimum absolute atomic E-state index is 0.0570. The van der Waals surface area contributed by atoms with Crippen LogP contribution in [0, 0.1) is 5.92 Å². The molecule has 176 valence electrons. The van der Waals surface area contributed by atoms with Crippen molar-refractivity contribution in [2.75, 3.05) is 23.4 Å². The summed E-state index contributed by atoms with van der Waals surface area (Å²) in [5.41, 5.74) is 1.39. The summed E-state index contributed by atoms with van der Waals surface area (Å²) in [5, 5.41) is 2.12. The van der Waals surface area contributed by atoms with Gasteiger partial charge >= 0.3 is 12.1 Å². The number of halogens is 3. The predicted molar refractivity (Wildman–Crippen MR) is 117 cm³/mol. The smallest absolute Gasteiger partial charge is 0.418 e. The van der Waals surface area contributed by atoms with E-state index < -0.39 is 41.8 Å². The molecule has 0 radical (unpaired) electrons. The number of nitrogens with zero attached hydrogens (tertiary/aromatic N) is 1. The Bertz CT molecular complexity index is 1030. The highest BCUT2D eigenvalue weighted by Crippen LogP contribution is 2.35. The molecule has 1 heterocycles. The molecule has 9 heteroatoms. The maximum atomic E-state index is 13.1. The number of carbonyl (C=O) groups is 3. The Balaban J connectivity index is 1.63. The number of aryl methyl sites for hydroxylation is 2. The monoisotopic (exact) mass is 462 g/mol. The van der Waals surface area contributed by atoms with Crippen LogP contribution in [0.25, 0.3) is 0 Å². The van der Waals surface area contributed by atoms with Crippen LogP contribution in [0.4, 0.5) is 24.5 Å². The van der Waals surface area contributed by atoms with E-state index in [-0.39, 0.29) is 18.9 Å². The summed E-state index contributed by atoms with van der Waals surface area (Å²) in [7, 11) is 0. The molecule has 1 aliphatic heterocycles. The first kappa shape index (κ1) is 24.3. The topological polar surface area (TPSA) is 75.7 Å². The Kier molecular flexibility index (Phi) is 7.40. The zero-order valence-electron chi connectivity index (χ0n) is 18.4. The second-order valence-electron chi connectivity index (χ2n) is 7.74. The summed E-state index contributed by atoms with van der Waals surface area (Å²) >= 11 is 0. The summed E-state index contributed by atoms with van der Waals surface area (Å²) in [5.74, 6) is -2.61. The van der Waals surface area contributed by atoms with Crippen LogP contribution in [0.2, 0.25) is 0 Å². The third kappa shape index (κ3) is 5.53. The number of esters is 1. The number of benzene rings is 2. The van der Waals surface area contributed by atoms with Crippen molar-refractivity contribution in [2.45, 2.75) is 39.3 Å². The van der Waals surface area contributed by atoms with Gasteiger partial charge in [-0.25, -0.2) is 0 Å². The van der Waals surface area contributed by atoms with E-state index in [9.17, 15) is 27.6 Å². The van der Waals surface area contributed by atoms with Crippen molar-refractivity contribution in [1.82, 2.24) is 0 Å². The first-order valence-corrected chi connectivity index (χ1v) is 10.7. The molecular formula is C24H25F3N2O4. The van der Waals surface area contributed by atoms with E-state index in [1.165, 1.54) is 12.1 Å². The summed E-state index contributed by atoms with van der Waals surface area (Å²) in [6.45, 7) is 3.35. The molecule has 2 amide bonds. The van der Waals surface area contributed by atoms with Crippen molar-refractivity contribution >= 4 is 29.2 Å². The van der Waals surface area contributed by atoms with Gasteiger partial charge in [-0.05, 0) is 36.1 Å². The van der Waals surface area contributed by atoms with Crippen molar-refractivity contribution in [3.63, 3.8) is 0 Å². The van der Waals surface area contributed by atoms with Gasteiger partial charge in [0.05, 0.1) is 17.2 Å². The van der Waals surface area contributed by atoms with Gasteiger partial charge in [-0.15, -0.1) is 0 Å². The number of alkyl halides is 3. The lowest BCUT2D eigenvalue weighted by molar-refractivity contribution is -0.151. The van der Waals surface area contributed by atoms with E-state index >= 15 is 0 Å². The molecule has 1 aliphatic rings. The highest BCUT2D eigenvalue weighted by Gasteiger charge is 2.38. The molecule has 6 nitrogen and oxygen atoms in total. The molecule has 0 bridgehead atoms. The van der Waals surface area contributed by atoms with Gasteiger partial charge in [0, 0.05) is 18.7 Å². The Morgan fingerprint density at radius 1 is 1.06 bits per heavy atom. The summed E-state index contributed by atoms with van der Waals surface area (Å²) in [4.78, 5) is 38.8. The Morgan fingerprint density at radius 3 is 2.30 bits per heavy atom. The predicted octanol–water partition coefficient (Wildman–Crippen LogP) is 4.37. The molecular weight excluding hydrogens is 437 g/mol. The van der Waals surface area contributed by atoms with Gasteiger partial charge in [0.1, 0.15) is 0 Å². The van der Waals surface area contributed by atoms with Crippen LogP contribution < -0.4 is 10.2 Å². The fraction of sp³-hybridized carbons (Fsp3) is 0.375. The number of rotatable bonds is 7. The average molecular weight is 462 g/mol. The van der Waals surface area contributed by atoms with E-state index in [4.69, 9.17) is 4.74 Å². The van der Waals surface area contributed by atoms with Gasteiger partial charge < -0.3 is 15.0 Å². The highest BCUT2D eigenvalue weighted by atomic mass is 19.4. The quantitative estimate of drug-likeness (QED) is 0.621. The molecule has 0 spiro atoms. The lowest BCUT2D eigenvalue weighted by Gasteiger charge is -2.23. The Hall–Kier alpha value is -3.36. The van der Waals surface area contributed by atoms with Crippen LogP contribution in [0.1, 0.15) is 37.0 Å². The molecule has 0 aliphatic carbocycles. The maximum absolute atomic E-state index is 13.1. The van der Waals surface area contributed by atoms with E-state index in [0.29, 0.717) is 0 Å². The number of hydrogen-bond donors (Lipinski definition) is 1. The van der Waals surface area contributed by atoms with Gasteiger partial charge in [0.15, 0.2) is 6.61 Å². The standard InChI is InChI=1S/C24H25F3N2O4/c1-3-15-8-7-9-16(4-2)22(15)29-13-17(12-21(29)31)23(32)33-14-20(30)28-19-11-6-5-10-18(19)24(25,26)27/h5-11,17H,3-4,12-14H2,1-2H3,(H,28,30)/t17-/m1/s1. The van der Waals surface area contributed by atoms with E-state index in [1.807, 2.05) is 32.0 Å². The van der Waals surface area contributed by atoms with Crippen LogP contribution in [0.5, 0.6) is 0 Å². The molecule has 1 saturated heterocycles. The van der Waals surface area contributed by atoms with Gasteiger partial charge in [0.25, 0.3) is 5.91 Å². The van der Waals surface area contributed by atoms with Gasteiger partial charge in [0.2, 0.25) is 5.91 Å². The molecule has 2 aromatic rings. The van der Waals surface area contributed by atoms with Crippen molar-refractivity contribution in [3.8, 4) is 0 Å². The summed E-state index contributed by atoms with van der Waals surface area (Å²) < 4.78 is 44.2. The first-order chi connectivity index (χ1) is 15.7. The molecule has 0 aromatic heterocycles. The van der Waals surface area contributed by atoms with Crippen molar-refractivity contribution in [3.05, 3.63) is 59.2 Å². The van der Waals surface area contributed by atoms with Gasteiger partial charge in [-0.2, -0.15) is 13.2 Å². The second-order valence-corrected chi connectivity index (χ2v) is 7.74. The van der Waals surface area contributed by atoms with Crippen LogP contribution in [0.15, 0.2) is 42.5 Å². The number of nitrogens with one attached hydrogen (secondary N) is 1. The lowest BCUT2D eigenvalue weighted by Crippen LogP contribution is -2.29. The third-order valence-electron chi connectivity index (χ3n) is 5.55. The number of ether oxygens (including phenoxy) is 1. The van der Waals surface area contributed by atoms with Crippen LogP contribution in [-0.2, 0) is 38.1 Å². The van der Waals surface area contributed by atoms with E-state index in [2.05, 4.69) is 5.32 Å². The molecule has 1 N–H and O–H groups in total. The normalized spacial score (nSPS) is 16.1. The van der Waals surface area contributed by atoms with Gasteiger partial charge in [-0.3, -0.25) is 14.4 Å². The number of amides is 2. The number of para-hydroxylation sites is 2. The van der Waals surface area contributed by atoms with Gasteiger partial charge in [-0.1, -0.05) is 44.2 Å². The third-order valence-corrected chi connectivity index (χ3v) is 5.55. The molecule has 33 heavy (non-hydrogen) atoms. The first-order valence-electron chi connectivity index (χ1n) is 10.7. The Labute approximate surface area is 189 Å². The number of carbonyl (C=O) groups excluding carboxylic acids is 3. The molecule has 2 aromatic carbocycles. The maximum Gasteiger partial charge on any atom is 0.418 e. The molecule has 0 saturated carbocycles. The van der Waals surface area contributed by atoms with Crippen LogP contribution in [0.3, 0.4) is 0 Å². The summed E-state index contributed by atoms with van der Waals surface area (Å²) in [6.07, 6.45) is -3.25. The van der Waals surface area contributed by atoms with E-state index in [1.54, 1.807) is 4.90 Å². The fourth-order valence-electron chi connectivity index (χ4n) is 3.92. The molecule has 0 unspecified atom stereocenters. The van der Waals surface area contributed by atoms with Crippen molar-refractivity contribution < 1.29 is 32.3 Å². The number of hydrogen-bond acceptors (Lipinski definition) is 4. The summed E-state index contributed by atoms with van der Waals surface area (Å²) in [6, 6.07) is 10.3. The second kappa shape index (κ2) is 10.1. The highest BCUT2D eigenvalue weighted by molar-refractivity contribution is 6.01. The molecule has 1 atom stereocenters. The zero-order chi connectivity index (χ0) is 24.2. The van der Waals surface area contributed by atoms with E-state index in [0.717, 1.165) is 41.8 Å².